The molecule has 0 radical (unpaired) electrons. The molecule has 0 aliphatic carbocycles. The molecule has 0 amide bonds. The number of hydrogen-bond donors (Lipinski definition) is 0. The molecule has 0 N–H and O–H groups in total. The van der Waals surface area contributed by atoms with Crippen LogP contribution in [0.2, 0.25) is 0 Å². The molecule has 1 aliphatic rings. The number of benzene rings is 1. The molecule has 90 valence electrons. The number of nitrogens with zero attached hydrogens (tertiary/aromatic N) is 2. The monoisotopic (exact) mass is 228 g/mol. The first-order chi connectivity index (χ1) is 8.20. The highest BCUT2D eigenvalue weighted by atomic mass is 15.1. The fourth-order valence-electron chi connectivity index (χ4n) is 2.37. The van der Waals surface area contributed by atoms with Gasteiger partial charge >= 0.3 is 0 Å². The first kappa shape index (κ1) is 12.1. The summed E-state index contributed by atoms with van der Waals surface area (Å²) in [4.78, 5) is 5.82. The van der Waals surface area contributed by atoms with E-state index < -0.39 is 0 Å². The average Bonchev–Trinajstić information content (AvgIpc) is 2.35. The Morgan fingerprint density at radius 3 is 2.88 bits per heavy atom. The van der Waals surface area contributed by atoms with E-state index in [1.807, 2.05) is 0 Å². The molecule has 17 heavy (non-hydrogen) atoms. The minimum atomic E-state index is 0.612. The van der Waals surface area contributed by atoms with Crippen LogP contribution in [0.5, 0.6) is 0 Å². The lowest BCUT2D eigenvalue weighted by Gasteiger charge is -2.27. The van der Waals surface area contributed by atoms with Crippen molar-refractivity contribution in [1.82, 2.24) is 4.90 Å². The summed E-state index contributed by atoms with van der Waals surface area (Å²) >= 11 is 0. The summed E-state index contributed by atoms with van der Waals surface area (Å²) in [6, 6.07) is 6.89. The van der Waals surface area contributed by atoms with Gasteiger partial charge in [0.2, 0.25) is 6.54 Å². The molecule has 0 saturated carbocycles. The first-order valence-electron chi connectivity index (χ1n) is 6.38. The van der Waals surface area contributed by atoms with Gasteiger partial charge in [0, 0.05) is 13.1 Å². The van der Waals surface area contributed by atoms with Crippen molar-refractivity contribution in [2.45, 2.75) is 32.7 Å². The molecule has 1 aromatic carbocycles. The SMILES string of the molecule is [C-]#[N+]CCN1CCc2cc(C(C)C)ccc2C1. The van der Waals surface area contributed by atoms with Crippen molar-refractivity contribution in [2.24, 2.45) is 0 Å². The van der Waals surface area contributed by atoms with Gasteiger partial charge in [-0.3, -0.25) is 4.90 Å². The Morgan fingerprint density at radius 2 is 2.18 bits per heavy atom. The van der Waals surface area contributed by atoms with Gasteiger partial charge in [-0.25, -0.2) is 6.57 Å². The summed E-state index contributed by atoms with van der Waals surface area (Å²) in [5.41, 5.74) is 4.40. The Balaban J connectivity index is 2.09. The van der Waals surface area contributed by atoms with Crippen LogP contribution >= 0.6 is 0 Å². The third-order valence-corrected chi connectivity index (χ3v) is 3.52. The van der Waals surface area contributed by atoms with Gasteiger partial charge in [0.15, 0.2) is 0 Å². The van der Waals surface area contributed by atoms with Crippen LogP contribution in [0.3, 0.4) is 0 Å². The van der Waals surface area contributed by atoms with E-state index in [1.165, 1.54) is 16.7 Å². The van der Waals surface area contributed by atoms with Gasteiger partial charge in [-0.1, -0.05) is 32.0 Å². The second-order valence-corrected chi connectivity index (χ2v) is 5.09. The van der Waals surface area contributed by atoms with Crippen molar-refractivity contribution < 1.29 is 0 Å². The Morgan fingerprint density at radius 1 is 1.35 bits per heavy atom. The van der Waals surface area contributed by atoms with Gasteiger partial charge < -0.3 is 4.85 Å². The topological polar surface area (TPSA) is 7.60 Å². The second-order valence-electron chi connectivity index (χ2n) is 5.09. The maximum absolute atomic E-state index is 6.84. The summed E-state index contributed by atoms with van der Waals surface area (Å²) in [5.74, 6) is 0.612. The molecular formula is C15H20N2. The summed E-state index contributed by atoms with van der Waals surface area (Å²) in [5, 5.41) is 0. The van der Waals surface area contributed by atoms with Crippen LogP contribution < -0.4 is 0 Å². The molecule has 0 bridgehead atoms. The van der Waals surface area contributed by atoms with Crippen LogP contribution in [-0.2, 0) is 13.0 Å². The maximum Gasteiger partial charge on any atom is 0.227 e. The summed E-state index contributed by atoms with van der Waals surface area (Å²) in [7, 11) is 0. The quantitative estimate of drug-likeness (QED) is 0.721. The number of fused-ring (bicyclic) bond motifs is 1. The summed E-state index contributed by atoms with van der Waals surface area (Å²) in [6.07, 6.45) is 1.13. The van der Waals surface area contributed by atoms with Gasteiger partial charge in [0.05, 0.1) is 6.54 Å². The molecule has 0 fully saturated rings. The second kappa shape index (κ2) is 5.33. The van der Waals surface area contributed by atoms with E-state index in [0.717, 1.165) is 26.1 Å². The van der Waals surface area contributed by atoms with E-state index in [9.17, 15) is 0 Å². The zero-order valence-electron chi connectivity index (χ0n) is 10.7. The van der Waals surface area contributed by atoms with E-state index >= 15 is 0 Å². The molecule has 0 unspecified atom stereocenters. The fraction of sp³-hybridized carbons (Fsp3) is 0.533. The first-order valence-corrected chi connectivity index (χ1v) is 6.38. The van der Waals surface area contributed by atoms with Crippen molar-refractivity contribution in [3.63, 3.8) is 0 Å². The summed E-state index contributed by atoms with van der Waals surface area (Å²) in [6.45, 7) is 15.0. The van der Waals surface area contributed by atoms with Gasteiger partial charge in [-0.05, 0) is 29.0 Å². The predicted octanol–water partition coefficient (Wildman–Crippen LogP) is 3.09. The van der Waals surface area contributed by atoms with E-state index in [1.54, 1.807) is 0 Å². The molecule has 1 aliphatic heterocycles. The normalized spacial score (nSPS) is 15.6. The molecule has 0 atom stereocenters. The van der Waals surface area contributed by atoms with Crippen LogP contribution in [-0.4, -0.2) is 24.5 Å². The van der Waals surface area contributed by atoms with Crippen molar-refractivity contribution in [2.75, 3.05) is 19.6 Å². The van der Waals surface area contributed by atoms with E-state index in [0.29, 0.717) is 12.5 Å². The molecule has 0 spiro atoms. The van der Waals surface area contributed by atoms with Crippen molar-refractivity contribution in [1.29, 1.82) is 0 Å². The van der Waals surface area contributed by atoms with Crippen LogP contribution in [0.4, 0.5) is 0 Å². The van der Waals surface area contributed by atoms with Gasteiger partial charge in [-0.15, -0.1) is 0 Å². The third-order valence-electron chi connectivity index (χ3n) is 3.52. The lowest BCUT2D eigenvalue weighted by atomic mass is 9.93. The van der Waals surface area contributed by atoms with Gasteiger partial charge in [-0.2, -0.15) is 0 Å². The lowest BCUT2D eigenvalue weighted by Crippen LogP contribution is -2.32. The molecule has 1 heterocycles. The Kier molecular flexibility index (Phi) is 3.81. The average molecular weight is 228 g/mol. The van der Waals surface area contributed by atoms with E-state index in [2.05, 4.69) is 41.8 Å². The number of hydrogen-bond acceptors (Lipinski definition) is 1. The van der Waals surface area contributed by atoms with Crippen molar-refractivity contribution >= 4 is 0 Å². The zero-order chi connectivity index (χ0) is 12.3. The van der Waals surface area contributed by atoms with Crippen LogP contribution in [0.1, 0.15) is 36.5 Å². The van der Waals surface area contributed by atoms with Crippen molar-refractivity contribution in [3.8, 4) is 0 Å². The van der Waals surface area contributed by atoms with E-state index in [4.69, 9.17) is 6.57 Å². The maximum atomic E-state index is 6.84. The third kappa shape index (κ3) is 2.87. The minimum Gasteiger partial charge on any atom is -0.316 e. The molecule has 2 nitrogen and oxygen atoms in total. The van der Waals surface area contributed by atoms with E-state index in [-0.39, 0.29) is 0 Å². The Bertz CT molecular complexity index is 429. The van der Waals surface area contributed by atoms with Crippen LogP contribution in [0, 0.1) is 6.57 Å². The largest absolute Gasteiger partial charge is 0.316 e. The highest BCUT2D eigenvalue weighted by molar-refractivity contribution is 5.35. The summed E-state index contributed by atoms with van der Waals surface area (Å²) < 4.78 is 0. The standard InChI is InChI=1S/C15H20N2/c1-12(2)13-4-5-15-11-17(9-7-16-3)8-6-14(15)10-13/h4-5,10,12H,6-9,11H2,1-2H3. The highest BCUT2D eigenvalue weighted by Crippen LogP contribution is 2.23. The fourth-order valence-corrected chi connectivity index (χ4v) is 2.37. The molecule has 0 saturated heterocycles. The molecule has 2 rings (SSSR count). The zero-order valence-corrected chi connectivity index (χ0v) is 10.7. The molecule has 2 heteroatoms. The van der Waals surface area contributed by atoms with Gasteiger partial charge in [0.1, 0.15) is 0 Å². The minimum absolute atomic E-state index is 0.612. The van der Waals surface area contributed by atoms with Crippen LogP contribution in [0.25, 0.3) is 4.85 Å². The van der Waals surface area contributed by atoms with Crippen molar-refractivity contribution in [3.05, 3.63) is 46.3 Å². The Labute approximate surface area is 104 Å². The Hall–Kier alpha value is -1.33. The van der Waals surface area contributed by atoms with Crippen LogP contribution in [0.15, 0.2) is 18.2 Å². The lowest BCUT2D eigenvalue weighted by molar-refractivity contribution is 0.266. The molecule has 0 aromatic heterocycles. The number of rotatable bonds is 3. The smallest absolute Gasteiger partial charge is 0.227 e. The molecular weight excluding hydrogens is 208 g/mol. The predicted molar refractivity (Wildman–Crippen MR) is 71.0 cm³/mol. The highest BCUT2D eigenvalue weighted by Gasteiger charge is 2.17. The van der Waals surface area contributed by atoms with Gasteiger partial charge in [0.25, 0.3) is 0 Å². The molecule has 1 aromatic rings.